The molecule has 3 aromatic heterocycles. The number of aromatic nitrogens is 3. The van der Waals surface area contributed by atoms with Gasteiger partial charge in [-0.25, -0.2) is 9.97 Å². The van der Waals surface area contributed by atoms with Gasteiger partial charge < -0.3 is 4.42 Å². The lowest BCUT2D eigenvalue weighted by Gasteiger charge is -2.06. The maximum Gasteiger partial charge on any atom is 0.262 e. The number of rotatable bonds is 4. The topological polar surface area (TPSA) is 60.9 Å². The first-order valence-electron chi connectivity index (χ1n) is 8.96. The Kier molecular flexibility index (Phi) is 4.89. The first-order chi connectivity index (χ1) is 13.3. The molecule has 3 heterocycles. The summed E-state index contributed by atoms with van der Waals surface area (Å²) < 4.78 is 7.31. The highest BCUT2D eigenvalue weighted by molar-refractivity contribution is 7.98. The molecule has 0 unspecified atom stereocenters. The molecule has 0 N–H and O–H groups in total. The Morgan fingerprint density at radius 3 is 2.71 bits per heavy atom. The first kappa shape index (κ1) is 19.0. The molecule has 0 aliphatic rings. The minimum Gasteiger partial charge on any atom is -0.444 e. The van der Waals surface area contributed by atoms with E-state index < -0.39 is 0 Å². The smallest absolute Gasteiger partial charge is 0.262 e. The lowest BCUT2D eigenvalue weighted by molar-refractivity contribution is 0.573. The quantitative estimate of drug-likeness (QED) is 0.342. The van der Waals surface area contributed by atoms with Crippen molar-refractivity contribution < 1.29 is 4.42 Å². The van der Waals surface area contributed by atoms with Gasteiger partial charge in [-0.05, 0) is 44.9 Å². The zero-order valence-electron chi connectivity index (χ0n) is 16.5. The van der Waals surface area contributed by atoms with Crippen molar-refractivity contribution in [3.63, 3.8) is 0 Å². The molecule has 5 nitrogen and oxygen atoms in total. The number of hydrogen-bond donors (Lipinski definition) is 0. The van der Waals surface area contributed by atoms with E-state index in [4.69, 9.17) is 9.40 Å². The number of oxazole rings is 1. The largest absolute Gasteiger partial charge is 0.444 e. The van der Waals surface area contributed by atoms with Crippen LogP contribution in [0.5, 0.6) is 0 Å². The fourth-order valence-corrected chi connectivity index (χ4v) is 5.09. The lowest BCUT2D eigenvalue weighted by Crippen LogP contribution is -2.19. The molecule has 4 rings (SSSR count). The molecule has 28 heavy (non-hydrogen) atoms. The summed E-state index contributed by atoms with van der Waals surface area (Å²) in [7, 11) is 1.77. The predicted octanol–water partition coefficient (Wildman–Crippen LogP) is 5.18. The second kappa shape index (κ2) is 7.22. The van der Waals surface area contributed by atoms with Crippen LogP contribution in [0.1, 0.15) is 27.3 Å². The predicted molar refractivity (Wildman–Crippen MR) is 115 cm³/mol. The molecule has 0 bridgehead atoms. The third kappa shape index (κ3) is 3.29. The zero-order valence-corrected chi connectivity index (χ0v) is 18.1. The van der Waals surface area contributed by atoms with Gasteiger partial charge in [-0.2, -0.15) is 0 Å². The molecule has 0 radical (unpaired) electrons. The van der Waals surface area contributed by atoms with Crippen molar-refractivity contribution in [2.24, 2.45) is 7.05 Å². The molecular weight excluding hydrogens is 390 g/mol. The van der Waals surface area contributed by atoms with Gasteiger partial charge in [0.05, 0.1) is 11.1 Å². The molecule has 0 saturated carbocycles. The number of thiophene rings is 1. The summed E-state index contributed by atoms with van der Waals surface area (Å²) in [6, 6.07) is 6.21. The fourth-order valence-electron chi connectivity index (χ4n) is 3.17. The van der Waals surface area contributed by atoms with Crippen molar-refractivity contribution in [1.82, 2.24) is 14.5 Å². The molecule has 0 aliphatic heterocycles. The number of thioether (sulfide) groups is 1. The van der Waals surface area contributed by atoms with E-state index in [1.54, 1.807) is 29.2 Å². The molecule has 7 heteroatoms. The van der Waals surface area contributed by atoms with Gasteiger partial charge in [-0.3, -0.25) is 9.36 Å². The average molecular weight is 412 g/mol. The molecule has 0 amide bonds. The van der Waals surface area contributed by atoms with Gasteiger partial charge in [-0.1, -0.05) is 29.5 Å². The van der Waals surface area contributed by atoms with Gasteiger partial charge in [0.15, 0.2) is 5.16 Å². The lowest BCUT2D eigenvalue weighted by atomic mass is 10.1. The second-order valence-electron chi connectivity index (χ2n) is 6.97. The van der Waals surface area contributed by atoms with Crippen molar-refractivity contribution in [2.75, 3.05) is 0 Å². The van der Waals surface area contributed by atoms with Crippen molar-refractivity contribution in [3.05, 3.63) is 62.1 Å². The van der Waals surface area contributed by atoms with Crippen LogP contribution in [0.15, 0.2) is 38.8 Å². The van der Waals surface area contributed by atoms with Gasteiger partial charge in [0.2, 0.25) is 5.89 Å². The Balaban J connectivity index is 1.59. The molecule has 0 atom stereocenters. The summed E-state index contributed by atoms with van der Waals surface area (Å²) >= 11 is 3.07. The van der Waals surface area contributed by atoms with E-state index >= 15 is 0 Å². The molecule has 144 valence electrons. The highest BCUT2D eigenvalue weighted by Gasteiger charge is 2.16. The fraction of sp³-hybridized carbons (Fsp3) is 0.286. The van der Waals surface area contributed by atoms with Gasteiger partial charge in [0.1, 0.15) is 11.1 Å². The summed E-state index contributed by atoms with van der Waals surface area (Å²) in [6.45, 7) is 8.13. The first-order valence-corrected chi connectivity index (χ1v) is 10.8. The number of hydrogen-bond acceptors (Lipinski definition) is 6. The van der Waals surface area contributed by atoms with Crippen LogP contribution in [0.4, 0.5) is 0 Å². The van der Waals surface area contributed by atoms with Gasteiger partial charge in [0.25, 0.3) is 5.56 Å². The van der Waals surface area contributed by atoms with Crippen LogP contribution < -0.4 is 5.56 Å². The monoisotopic (exact) mass is 411 g/mol. The maximum atomic E-state index is 12.7. The van der Waals surface area contributed by atoms with Crippen LogP contribution in [-0.2, 0) is 12.8 Å². The molecule has 1 aromatic carbocycles. The number of benzene rings is 1. The highest BCUT2D eigenvalue weighted by Crippen LogP contribution is 2.30. The minimum absolute atomic E-state index is 0.00507. The van der Waals surface area contributed by atoms with Crippen LogP contribution in [0.2, 0.25) is 0 Å². The Bertz CT molecular complexity index is 1250. The third-order valence-corrected chi connectivity index (χ3v) is 7.05. The summed E-state index contributed by atoms with van der Waals surface area (Å²) in [4.78, 5) is 24.0. The van der Waals surface area contributed by atoms with E-state index in [1.807, 2.05) is 19.9 Å². The minimum atomic E-state index is 0.00507. The van der Waals surface area contributed by atoms with Gasteiger partial charge >= 0.3 is 0 Å². The molecule has 0 saturated heterocycles. The third-order valence-electron chi connectivity index (χ3n) is 4.88. The van der Waals surface area contributed by atoms with Crippen molar-refractivity contribution in [3.8, 4) is 11.5 Å². The Hall–Kier alpha value is -2.38. The van der Waals surface area contributed by atoms with E-state index in [0.717, 1.165) is 37.5 Å². The van der Waals surface area contributed by atoms with E-state index in [0.29, 0.717) is 16.8 Å². The zero-order chi connectivity index (χ0) is 20.0. The van der Waals surface area contributed by atoms with E-state index in [1.165, 1.54) is 17.3 Å². The summed E-state index contributed by atoms with van der Waals surface area (Å²) in [5.41, 5.74) is 5.21. The summed E-state index contributed by atoms with van der Waals surface area (Å²) in [5.74, 6) is 1.21. The van der Waals surface area contributed by atoms with E-state index in [9.17, 15) is 4.79 Å². The maximum absolute atomic E-state index is 12.7. The van der Waals surface area contributed by atoms with Crippen molar-refractivity contribution in [2.45, 2.75) is 38.6 Å². The van der Waals surface area contributed by atoms with Crippen LogP contribution in [-0.4, -0.2) is 14.5 Å². The van der Waals surface area contributed by atoms with Crippen LogP contribution in [0, 0.1) is 27.7 Å². The molecule has 0 spiro atoms. The number of aryl methyl sites for hydroxylation is 4. The van der Waals surface area contributed by atoms with Crippen molar-refractivity contribution in [1.29, 1.82) is 0 Å². The summed E-state index contributed by atoms with van der Waals surface area (Å²) in [6.07, 6.45) is 1.68. The number of nitrogens with zero attached hydrogens (tertiary/aromatic N) is 3. The molecule has 0 fully saturated rings. The number of fused-ring (bicyclic) bond motifs is 1. The SMILES string of the molecule is Cc1ccc(-c2nc(CSc3nc4sc(C)c(C)c4c(=O)n3C)co2)c(C)c1. The molecule has 0 aliphatic carbocycles. The highest BCUT2D eigenvalue weighted by atomic mass is 32.2. The summed E-state index contributed by atoms with van der Waals surface area (Å²) in [5, 5.41) is 1.42. The average Bonchev–Trinajstić information content (AvgIpc) is 3.22. The van der Waals surface area contributed by atoms with E-state index in [2.05, 4.69) is 31.0 Å². The van der Waals surface area contributed by atoms with Gasteiger partial charge in [-0.15, -0.1) is 11.3 Å². The van der Waals surface area contributed by atoms with Crippen LogP contribution >= 0.6 is 23.1 Å². The molecular formula is C21H21N3O2S2. The van der Waals surface area contributed by atoms with Crippen LogP contribution in [0.25, 0.3) is 21.7 Å². The Labute approximate surface area is 171 Å². The molecule has 4 aromatic rings. The van der Waals surface area contributed by atoms with Crippen molar-refractivity contribution >= 4 is 33.3 Å². The van der Waals surface area contributed by atoms with Gasteiger partial charge in [0, 0.05) is 23.2 Å². The normalized spacial score (nSPS) is 11.5. The Morgan fingerprint density at radius 1 is 1.18 bits per heavy atom. The standard InChI is InChI=1S/C21H21N3O2S2/c1-11-6-7-16(12(2)8-11)18-22-15(9-26-18)10-27-21-23-19-17(20(25)24(21)5)13(3)14(4)28-19/h6-9H,10H2,1-5H3. The van der Waals surface area contributed by atoms with Crippen LogP contribution in [0.3, 0.4) is 0 Å². The Morgan fingerprint density at radius 2 is 1.96 bits per heavy atom. The second-order valence-corrected chi connectivity index (χ2v) is 9.12. The van der Waals surface area contributed by atoms with E-state index in [-0.39, 0.29) is 5.56 Å².